The molecule has 6 heterocycles. The number of hydrogen-bond donors (Lipinski definition) is 3. The zero-order valence-corrected chi connectivity index (χ0v) is 25.5. The first kappa shape index (κ1) is 29.0. The Kier molecular flexibility index (Phi) is 6.88. The summed E-state index contributed by atoms with van der Waals surface area (Å²) in [6, 6.07) is 8.86. The van der Waals surface area contributed by atoms with Gasteiger partial charge in [0.05, 0.1) is 17.3 Å². The monoisotopic (exact) mass is 637 g/mol. The molecule has 5 N–H and O–H groups in total. The number of halogens is 1. The van der Waals surface area contributed by atoms with Gasteiger partial charge in [-0.1, -0.05) is 6.07 Å². The molecule has 1 aliphatic heterocycles. The fourth-order valence-corrected chi connectivity index (χ4v) is 6.57. The molecule has 0 bridgehead atoms. The number of fused-ring (bicyclic) bond motifs is 3. The van der Waals surface area contributed by atoms with Crippen molar-refractivity contribution in [2.75, 3.05) is 43.4 Å². The number of aromatic carboxylic acids is 1. The van der Waals surface area contributed by atoms with Crippen LogP contribution in [-0.4, -0.2) is 88.9 Å². The van der Waals surface area contributed by atoms with E-state index < -0.39 is 5.97 Å². The van der Waals surface area contributed by atoms with Gasteiger partial charge in [-0.15, -0.1) is 5.10 Å². The van der Waals surface area contributed by atoms with Gasteiger partial charge >= 0.3 is 5.97 Å². The lowest BCUT2D eigenvalue weighted by molar-refractivity contribution is 0.0683. The Bertz CT molecular complexity index is 2130. The smallest absolute Gasteiger partial charge is 0.352 e. The average Bonchev–Trinajstić information content (AvgIpc) is 3.43. The van der Waals surface area contributed by atoms with Gasteiger partial charge in [0.2, 0.25) is 17.7 Å². The number of benzene rings is 1. The normalized spacial score (nSPS) is 18.4. The Morgan fingerprint density at radius 2 is 1.89 bits per heavy atom. The Morgan fingerprint density at radius 1 is 1.09 bits per heavy atom. The van der Waals surface area contributed by atoms with E-state index >= 15 is 0 Å². The summed E-state index contributed by atoms with van der Waals surface area (Å²) in [6.45, 7) is 5.18. The molecular weight excluding hydrogens is 605 g/mol. The number of nitrogen functional groups attached to an aromatic ring is 1. The van der Waals surface area contributed by atoms with E-state index in [1.165, 1.54) is 16.8 Å². The highest BCUT2D eigenvalue weighted by Crippen LogP contribution is 2.39. The van der Waals surface area contributed by atoms with E-state index in [4.69, 9.17) is 20.9 Å². The lowest BCUT2D eigenvalue weighted by atomic mass is 10.1. The van der Waals surface area contributed by atoms with Crippen LogP contribution in [0.4, 0.5) is 16.0 Å². The Morgan fingerprint density at radius 3 is 2.57 bits per heavy atom. The molecule has 14 nitrogen and oxygen atoms in total. The minimum absolute atomic E-state index is 0.0881. The summed E-state index contributed by atoms with van der Waals surface area (Å²) in [5.41, 5.74) is 16.7. The highest BCUT2D eigenvalue weighted by Gasteiger charge is 2.35. The summed E-state index contributed by atoms with van der Waals surface area (Å²) in [4.78, 5) is 34.9. The number of piperazine rings is 1. The molecule has 8 rings (SSSR count). The molecule has 2 fully saturated rings. The lowest BCUT2D eigenvalue weighted by Crippen LogP contribution is -2.47. The molecule has 6 aromatic rings. The fourth-order valence-electron chi connectivity index (χ4n) is 6.57. The Labute approximate surface area is 267 Å². The SMILES string of the molecule is Cc1c(C(=O)O)n(CCN2CCN(c3cc(-c4ncco4)ccc3F)CC2)c2nc(N)n3nc(-c4ccc(C5CC5N)cn4)nc3c12. The quantitative estimate of drug-likeness (QED) is 0.222. The van der Waals surface area contributed by atoms with Crippen LogP contribution in [0.5, 0.6) is 0 Å². The van der Waals surface area contributed by atoms with Crippen LogP contribution >= 0.6 is 0 Å². The molecule has 0 spiro atoms. The highest BCUT2D eigenvalue weighted by molar-refractivity contribution is 6.02. The van der Waals surface area contributed by atoms with Crippen LogP contribution in [0.3, 0.4) is 0 Å². The van der Waals surface area contributed by atoms with Gasteiger partial charge in [-0.3, -0.25) is 9.88 Å². The van der Waals surface area contributed by atoms with Crippen LogP contribution in [0.1, 0.15) is 34.0 Å². The van der Waals surface area contributed by atoms with Gasteiger partial charge in [0.25, 0.3) is 0 Å². The van der Waals surface area contributed by atoms with Crippen molar-refractivity contribution < 1.29 is 18.7 Å². The van der Waals surface area contributed by atoms with E-state index in [2.05, 4.69) is 25.0 Å². The third-order valence-electron chi connectivity index (χ3n) is 9.21. The number of nitrogens with zero attached hydrogens (tertiary/aromatic N) is 9. The Balaban J connectivity index is 1.04. The predicted molar refractivity (Wildman–Crippen MR) is 172 cm³/mol. The largest absolute Gasteiger partial charge is 0.477 e. The van der Waals surface area contributed by atoms with Gasteiger partial charge in [-0.05, 0) is 48.7 Å². The Hall–Kier alpha value is -5.41. The molecule has 15 heteroatoms. The molecule has 5 aromatic heterocycles. The maximum absolute atomic E-state index is 14.8. The summed E-state index contributed by atoms with van der Waals surface area (Å²) in [7, 11) is 0. The molecule has 1 saturated carbocycles. The van der Waals surface area contributed by atoms with Crippen molar-refractivity contribution in [1.82, 2.24) is 39.0 Å². The van der Waals surface area contributed by atoms with E-state index in [9.17, 15) is 14.3 Å². The summed E-state index contributed by atoms with van der Waals surface area (Å²) >= 11 is 0. The number of aryl methyl sites for hydroxylation is 1. The first-order chi connectivity index (χ1) is 22.8. The number of rotatable bonds is 8. The van der Waals surface area contributed by atoms with Crippen molar-refractivity contribution in [3.8, 4) is 23.0 Å². The zero-order valence-electron chi connectivity index (χ0n) is 25.5. The summed E-state index contributed by atoms with van der Waals surface area (Å²) < 4.78 is 23.3. The number of nitrogens with two attached hydrogens (primary N) is 2. The van der Waals surface area contributed by atoms with E-state index in [0.29, 0.717) is 96.1 Å². The molecule has 1 aromatic carbocycles. The molecule has 1 saturated heterocycles. The number of carbonyl (C=O) groups is 1. The molecule has 0 amide bonds. The fraction of sp³-hybridized carbons (Fsp3) is 0.312. The minimum Gasteiger partial charge on any atom is -0.477 e. The van der Waals surface area contributed by atoms with Gasteiger partial charge in [-0.2, -0.15) is 9.50 Å². The van der Waals surface area contributed by atoms with Crippen molar-refractivity contribution in [1.29, 1.82) is 0 Å². The minimum atomic E-state index is -1.07. The zero-order chi connectivity index (χ0) is 32.4. The van der Waals surface area contributed by atoms with Crippen molar-refractivity contribution in [2.45, 2.75) is 31.8 Å². The van der Waals surface area contributed by atoms with Crippen molar-refractivity contribution in [2.24, 2.45) is 5.73 Å². The van der Waals surface area contributed by atoms with Gasteiger partial charge in [0.15, 0.2) is 5.65 Å². The first-order valence-electron chi connectivity index (χ1n) is 15.4. The summed E-state index contributed by atoms with van der Waals surface area (Å²) in [5.74, 6) is -0.161. The van der Waals surface area contributed by atoms with E-state index in [1.54, 1.807) is 36.0 Å². The number of anilines is 2. The highest BCUT2D eigenvalue weighted by atomic mass is 19.1. The van der Waals surface area contributed by atoms with E-state index in [1.807, 2.05) is 17.0 Å². The predicted octanol–water partition coefficient (Wildman–Crippen LogP) is 3.16. The van der Waals surface area contributed by atoms with E-state index in [0.717, 1.165) is 12.0 Å². The second-order valence-electron chi connectivity index (χ2n) is 12.1. The summed E-state index contributed by atoms with van der Waals surface area (Å²) in [6.07, 6.45) is 5.79. The summed E-state index contributed by atoms with van der Waals surface area (Å²) in [5, 5.41) is 15.4. The van der Waals surface area contributed by atoms with Gasteiger partial charge < -0.3 is 30.5 Å². The maximum atomic E-state index is 14.8. The molecule has 2 atom stereocenters. The second-order valence-corrected chi connectivity index (χ2v) is 12.1. The van der Waals surface area contributed by atoms with Crippen LogP contribution in [0.15, 0.2) is 53.4 Å². The molecule has 0 radical (unpaired) electrons. The number of carboxylic acid groups (broad SMARTS) is 1. The van der Waals surface area contributed by atoms with Gasteiger partial charge in [0.1, 0.15) is 29.1 Å². The van der Waals surface area contributed by atoms with Crippen LogP contribution in [0.2, 0.25) is 0 Å². The topological polar surface area (TPSA) is 183 Å². The standard InChI is InChI=1S/C32H32FN11O3/c1-17-25-28(39-32(35)44-29(25)38-27(40-44)23-5-3-19(16-37-23)20-15-22(20)34)43(26(17)31(45)46)12-9-41-7-10-42(11-8-41)24-14-18(2-4-21(24)33)30-36-6-13-47-30/h2-6,13-14,16,20,22H,7-12,15,34H2,1H3,(H2,35,39)(H,45,46). The second kappa shape index (κ2) is 11.1. The molecule has 1 aliphatic carbocycles. The van der Waals surface area contributed by atoms with Crippen LogP contribution in [0, 0.1) is 12.7 Å². The van der Waals surface area contributed by atoms with Crippen LogP contribution in [0.25, 0.3) is 39.7 Å². The third kappa shape index (κ3) is 5.03. The lowest BCUT2D eigenvalue weighted by Gasteiger charge is -2.36. The molecule has 2 aliphatic rings. The number of hydrogen-bond acceptors (Lipinski definition) is 11. The van der Waals surface area contributed by atoms with Gasteiger partial charge in [0, 0.05) is 63.0 Å². The number of pyridine rings is 1. The van der Waals surface area contributed by atoms with E-state index in [-0.39, 0.29) is 23.5 Å². The third-order valence-corrected chi connectivity index (χ3v) is 9.21. The number of carboxylic acids is 1. The molecule has 2 unspecified atom stereocenters. The van der Waals surface area contributed by atoms with Crippen molar-refractivity contribution >= 4 is 34.3 Å². The maximum Gasteiger partial charge on any atom is 0.352 e. The van der Waals surface area contributed by atoms with Gasteiger partial charge in [-0.25, -0.2) is 19.2 Å². The van der Waals surface area contributed by atoms with Crippen LogP contribution < -0.4 is 16.4 Å². The van der Waals surface area contributed by atoms with Crippen molar-refractivity contribution in [3.05, 3.63) is 71.6 Å². The molecule has 47 heavy (non-hydrogen) atoms. The molecule has 240 valence electrons. The average molecular weight is 638 g/mol. The first-order valence-corrected chi connectivity index (χ1v) is 15.4. The van der Waals surface area contributed by atoms with Crippen LogP contribution in [-0.2, 0) is 6.54 Å². The number of aromatic nitrogens is 7. The number of oxazole rings is 1. The molecular formula is C32H32FN11O3. The van der Waals surface area contributed by atoms with Crippen molar-refractivity contribution in [3.63, 3.8) is 0 Å².